The zero-order chi connectivity index (χ0) is 9.14. The van der Waals surface area contributed by atoms with E-state index >= 15 is 0 Å². The number of carbonyl (C=O) groups excluding carboxylic acids is 1. The Balaban J connectivity index is 2.46. The molecule has 1 rings (SSSR count). The van der Waals surface area contributed by atoms with Crippen molar-refractivity contribution < 1.29 is 4.79 Å². The molecule has 0 aromatic carbocycles. The molecular formula is C8H16N2OS. The SMILES string of the molecule is CC1CN(C(=O)[C@@H](C)N)CCS1. The summed E-state index contributed by atoms with van der Waals surface area (Å²) < 4.78 is 0. The third kappa shape index (κ3) is 2.38. The van der Waals surface area contributed by atoms with Gasteiger partial charge in [-0.2, -0.15) is 11.8 Å². The van der Waals surface area contributed by atoms with Gasteiger partial charge >= 0.3 is 0 Å². The monoisotopic (exact) mass is 188 g/mol. The Morgan fingerprint density at radius 1 is 1.75 bits per heavy atom. The van der Waals surface area contributed by atoms with Crippen LogP contribution in [0.25, 0.3) is 0 Å². The molecule has 2 atom stereocenters. The highest BCUT2D eigenvalue weighted by atomic mass is 32.2. The van der Waals surface area contributed by atoms with Gasteiger partial charge in [0, 0.05) is 24.1 Å². The van der Waals surface area contributed by atoms with Gasteiger partial charge in [-0.15, -0.1) is 0 Å². The number of nitrogens with zero attached hydrogens (tertiary/aromatic N) is 1. The molecule has 1 saturated heterocycles. The van der Waals surface area contributed by atoms with Gasteiger partial charge in [-0.3, -0.25) is 4.79 Å². The molecule has 70 valence electrons. The lowest BCUT2D eigenvalue weighted by molar-refractivity contribution is -0.132. The van der Waals surface area contributed by atoms with Gasteiger partial charge < -0.3 is 10.6 Å². The molecule has 0 bridgehead atoms. The maximum absolute atomic E-state index is 11.4. The minimum atomic E-state index is -0.347. The summed E-state index contributed by atoms with van der Waals surface area (Å²) in [5.74, 6) is 1.13. The Morgan fingerprint density at radius 2 is 2.42 bits per heavy atom. The van der Waals surface area contributed by atoms with Gasteiger partial charge in [0.05, 0.1) is 6.04 Å². The van der Waals surface area contributed by atoms with Crippen molar-refractivity contribution in [3.8, 4) is 0 Å². The van der Waals surface area contributed by atoms with Crippen LogP contribution in [0.15, 0.2) is 0 Å². The fourth-order valence-electron chi connectivity index (χ4n) is 1.31. The fraction of sp³-hybridized carbons (Fsp3) is 0.875. The van der Waals surface area contributed by atoms with Crippen molar-refractivity contribution in [2.45, 2.75) is 25.1 Å². The van der Waals surface area contributed by atoms with Gasteiger partial charge in [0.15, 0.2) is 0 Å². The predicted octanol–water partition coefficient (Wildman–Crippen LogP) is 0.297. The first-order valence-electron chi connectivity index (χ1n) is 4.27. The Labute approximate surface area is 77.7 Å². The Hall–Kier alpha value is -0.220. The van der Waals surface area contributed by atoms with E-state index in [9.17, 15) is 4.79 Å². The smallest absolute Gasteiger partial charge is 0.239 e. The number of hydrogen-bond acceptors (Lipinski definition) is 3. The largest absolute Gasteiger partial charge is 0.339 e. The van der Waals surface area contributed by atoms with Crippen molar-refractivity contribution in [3.63, 3.8) is 0 Å². The summed E-state index contributed by atoms with van der Waals surface area (Å²) in [4.78, 5) is 13.3. The van der Waals surface area contributed by atoms with E-state index in [1.165, 1.54) is 0 Å². The molecule has 1 fully saturated rings. The number of amides is 1. The van der Waals surface area contributed by atoms with E-state index in [1.807, 2.05) is 16.7 Å². The number of carbonyl (C=O) groups is 1. The Morgan fingerprint density at radius 3 is 2.92 bits per heavy atom. The molecular weight excluding hydrogens is 172 g/mol. The minimum Gasteiger partial charge on any atom is -0.339 e. The van der Waals surface area contributed by atoms with Crippen LogP contribution < -0.4 is 5.73 Å². The minimum absolute atomic E-state index is 0.0853. The molecule has 0 aliphatic carbocycles. The first-order chi connectivity index (χ1) is 5.61. The molecule has 2 N–H and O–H groups in total. The van der Waals surface area contributed by atoms with E-state index in [0.29, 0.717) is 5.25 Å². The average molecular weight is 188 g/mol. The van der Waals surface area contributed by atoms with Gasteiger partial charge in [-0.1, -0.05) is 6.92 Å². The highest BCUT2D eigenvalue weighted by Gasteiger charge is 2.22. The average Bonchev–Trinajstić information content (AvgIpc) is 2.03. The van der Waals surface area contributed by atoms with Crippen LogP contribution in [0.3, 0.4) is 0 Å². The number of thioether (sulfide) groups is 1. The van der Waals surface area contributed by atoms with E-state index in [1.54, 1.807) is 6.92 Å². The van der Waals surface area contributed by atoms with Crippen molar-refractivity contribution in [2.24, 2.45) is 5.73 Å². The van der Waals surface area contributed by atoms with Crippen LogP contribution >= 0.6 is 11.8 Å². The number of hydrogen-bond donors (Lipinski definition) is 1. The molecule has 0 radical (unpaired) electrons. The first-order valence-corrected chi connectivity index (χ1v) is 5.32. The number of rotatable bonds is 1. The van der Waals surface area contributed by atoms with Crippen LogP contribution in [0.2, 0.25) is 0 Å². The van der Waals surface area contributed by atoms with Crippen molar-refractivity contribution in [1.29, 1.82) is 0 Å². The van der Waals surface area contributed by atoms with Crippen molar-refractivity contribution in [1.82, 2.24) is 4.90 Å². The van der Waals surface area contributed by atoms with E-state index in [-0.39, 0.29) is 11.9 Å². The molecule has 0 aromatic heterocycles. The Bertz CT molecular complexity index is 172. The maximum Gasteiger partial charge on any atom is 0.239 e. The second-order valence-corrected chi connectivity index (χ2v) is 4.80. The molecule has 12 heavy (non-hydrogen) atoms. The third-order valence-corrected chi connectivity index (χ3v) is 3.08. The summed E-state index contributed by atoms with van der Waals surface area (Å²) in [5, 5.41) is 0.557. The summed E-state index contributed by atoms with van der Waals surface area (Å²) in [7, 11) is 0. The topological polar surface area (TPSA) is 46.3 Å². The van der Waals surface area contributed by atoms with Crippen LogP contribution in [-0.4, -0.2) is 40.9 Å². The molecule has 1 unspecified atom stereocenters. The van der Waals surface area contributed by atoms with Gasteiger partial charge in [0.1, 0.15) is 0 Å². The highest BCUT2D eigenvalue weighted by Crippen LogP contribution is 2.17. The fourth-order valence-corrected chi connectivity index (χ4v) is 2.32. The summed E-state index contributed by atoms with van der Waals surface area (Å²) in [5.41, 5.74) is 5.51. The van der Waals surface area contributed by atoms with E-state index in [4.69, 9.17) is 5.73 Å². The molecule has 1 amide bonds. The molecule has 1 aliphatic rings. The van der Waals surface area contributed by atoms with Crippen molar-refractivity contribution >= 4 is 17.7 Å². The lowest BCUT2D eigenvalue weighted by Gasteiger charge is -2.31. The zero-order valence-electron chi connectivity index (χ0n) is 7.62. The second-order valence-electron chi connectivity index (χ2n) is 3.25. The summed E-state index contributed by atoms with van der Waals surface area (Å²) in [6.45, 7) is 5.60. The molecule has 1 aliphatic heterocycles. The molecule has 0 aromatic rings. The van der Waals surface area contributed by atoms with Crippen LogP contribution in [0, 0.1) is 0 Å². The quantitative estimate of drug-likeness (QED) is 0.643. The molecule has 4 heteroatoms. The number of nitrogens with two attached hydrogens (primary N) is 1. The molecule has 0 spiro atoms. The van der Waals surface area contributed by atoms with Crippen LogP contribution in [-0.2, 0) is 4.79 Å². The van der Waals surface area contributed by atoms with E-state index in [2.05, 4.69) is 6.92 Å². The predicted molar refractivity (Wildman–Crippen MR) is 52.1 cm³/mol. The summed E-state index contributed by atoms with van der Waals surface area (Å²) in [6, 6.07) is -0.347. The van der Waals surface area contributed by atoms with Gasteiger partial charge in [-0.05, 0) is 6.92 Å². The van der Waals surface area contributed by atoms with Crippen LogP contribution in [0.5, 0.6) is 0 Å². The van der Waals surface area contributed by atoms with Crippen molar-refractivity contribution in [3.05, 3.63) is 0 Å². The summed E-state index contributed by atoms with van der Waals surface area (Å²) >= 11 is 1.92. The standard InChI is InChI=1S/C8H16N2OS/c1-6-5-10(3-4-12-6)8(11)7(2)9/h6-7H,3-5,9H2,1-2H3/t6?,7-/m1/s1. The lowest BCUT2D eigenvalue weighted by atomic mass is 10.3. The van der Waals surface area contributed by atoms with Crippen LogP contribution in [0.4, 0.5) is 0 Å². The van der Waals surface area contributed by atoms with E-state index in [0.717, 1.165) is 18.8 Å². The molecule has 1 heterocycles. The lowest BCUT2D eigenvalue weighted by Crippen LogP contribution is -2.47. The molecule has 0 saturated carbocycles. The van der Waals surface area contributed by atoms with Crippen molar-refractivity contribution in [2.75, 3.05) is 18.8 Å². The van der Waals surface area contributed by atoms with Gasteiger partial charge in [0.2, 0.25) is 5.91 Å². The first kappa shape index (κ1) is 9.86. The Kier molecular flexibility index (Phi) is 3.40. The van der Waals surface area contributed by atoms with Gasteiger partial charge in [-0.25, -0.2) is 0 Å². The second kappa shape index (κ2) is 4.14. The maximum atomic E-state index is 11.4. The zero-order valence-corrected chi connectivity index (χ0v) is 8.43. The van der Waals surface area contributed by atoms with E-state index < -0.39 is 0 Å². The summed E-state index contributed by atoms with van der Waals surface area (Å²) in [6.07, 6.45) is 0. The highest BCUT2D eigenvalue weighted by molar-refractivity contribution is 7.99. The third-order valence-electron chi connectivity index (χ3n) is 1.94. The van der Waals surface area contributed by atoms with Crippen LogP contribution in [0.1, 0.15) is 13.8 Å². The normalized spacial score (nSPS) is 26.9. The van der Waals surface area contributed by atoms with Gasteiger partial charge in [0.25, 0.3) is 0 Å². The molecule has 3 nitrogen and oxygen atoms in total.